The van der Waals surface area contributed by atoms with Gasteiger partial charge in [-0.15, -0.1) is 6.58 Å². The van der Waals surface area contributed by atoms with Gasteiger partial charge in [0.15, 0.2) is 5.96 Å². The summed E-state index contributed by atoms with van der Waals surface area (Å²) in [5.41, 5.74) is 1.12. The third kappa shape index (κ3) is 6.29. The van der Waals surface area contributed by atoms with Crippen molar-refractivity contribution in [3.05, 3.63) is 36.5 Å². The summed E-state index contributed by atoms with van der Waals surface area (Å²) in [4.78, 5) is 10.6. The Balaban J connectivity index is 2.51. The highest BCUT2D eigenvalue weighted by Gasteiger charge is 2.05. The molecular formula is C16H26N4O. The average molecular weight is 290 g/mol. The second kappa shape index (κ2) is 9.80. The van der Waals surface area contributed by atoms with E-state index in [2.05, 4.69) is 26.8 Å². The first-order chi connectivity index (χ1) is 10.2. The Morgan fingerprint density at radius 1 is 1.57 bits per heavy atom. The van der Waals surface area contributed by atoms with Crippen LogP contribution in [0.3, 0.4) is 0 Å². The summed E-state index contributed by atoms with van der Waals surface area (Å²) in [6, 6.07) is 3.92. The summed E-state index contributed by atoms with van der Waals surface area (Å²) >= 11 is 0. The highest BCUT2D eigenvalue weighted by Crippen LogP contribution is 2.09. The highest BCUT2D eigenvalue weighted by atomic mass is 16.5. The maximum absolute atomic E-state index is 5.40. The van der Waals surface area contributed by atoms with Crippen molar-refractivity contribution in [2.45, 2.75) is 26.3 Å². The van der Waals surface area contributed by atoms with Crippen molar-refractivity contribution < 1.29 is 4.74 Å². The van der Waals surface area contributed by atoms with Crippen LogP contribution in [0.1, 0.15) is 25.3 Å². The second-order valence-electron chi connectivity index (χ2n) is 4.69. The van der Waals surface area contributed by atoms with Crippen LogP contribution in [-0.4, -0.2) is 43.1 Å². The number of nitrogens with one attached hydrogen (secondary N) is 1. The molecule has 1 aromatic rings. The SMILES string of the molecule is C=CCCCN(C)C(=NC)NCc1ccnc(OCC)c1. The fraction of sp³-hybridized carbons (Fsp3) is 0.500. The fourth-order valence-corrected chi connectivity index (χ4v) is 1.93. The van der Waals surface area contributed by atoms with E-state index in [1.54, 1.807) is 13.2 Å². The molecule has 1 rings (SSSR count). The lowest BCUT2D eigenvalue weighted by molar-refractivity contribution is 0.326. The molecular weight excluding hydrogens is 264 g/mol. The maximum Gasteiger partial charge on any atom is 0.213 e. The molecule has 21 heavy (non-hydrogen) atoms. The zero-order valence-electron chi connectivity index (χ0n) is 13.3. The van der Waals surface area contributed by atoms with Crippen LogP contribution in [0.5, 0.6) is 5.88 Å². The molecule has 0 atom stereocenters. The monoisotopic (exact) mass is 290 g/mol. The van der Waals surface area contributed by atoms with Crippen molar-refractivity contribution in [1.82, 2.24) is 15.2 Å². The first-order valence-electron chi connectivity index (χ1n) is 7.31. The van der Waals surface area contributed by atoms with Gasteiger partial charge in [0.05, 0.1) is 6.61 Å². The molecule has 1 heterocycles. The number of allylic oxidation sites excluding steroid dienone is 1. The highest BCUT2D eigenvalue weighted by molar-refractivity contribution is 5.79. The molecule has 5 heteroatoms. The van der Waals surface area contributed by atoms with Crippen molar-refractivity contribution in [1.29, 1.82) is 0 Å². The van der Waals surface area contributed by atoms with Crippen molar-refractivity contribution in [3.63, 3.8) is 0 Å². The number of hydrogen-bond donors (Lipinski definition) is 1. The van der Waals surface area contributed by atoms with Crippen molar-refractivity contribution in [2.75, 3.05) is 27.2 Å². The average Bonchev–Trinajstić information content (AvgIpc) is 2.49. The number of ether oxygens (including phenoxy) is 1. The van der Waals surface area contributed by atoms with E-state index < -0.39 is 0 Å². The van der Waals surface area contributed by atoms with Gasteiger partial charge in [-0.25, -0.2) is 4.98 Å². The van der Waals surface area contributed by atoms with E-state index in [4.69, 9.17) is 4.74 Å². The molecule has 0 saturated heterocycles. The molecule has 0 aliphatic rings. The largest absolute Gasteiger partial charge is 0.478 e. The van der Waals surface area contributed by atoms with E-state index in [9.17, 15) is 0 Å². The predicted octanol–water partition coefficient (Wildman–Crippen LogP) is 2.45. The van der Waals surface area contributed by atoms with Crippen LogP contribution in [0.15, 0.2) is 36.0 Å². The summed E-state index contributed by atoms with van der Waals surface area (Å²) in [5.74, 6) is 1.54. The molecule has 1 N–H and O–H groups in total. The minimum atomic E-state index is 0.623. The van der Waals surface area contributed by atoms with Gasteiger partial charge in [0, 0.05) is 39.4 Å². The van der Waals surface area contributed by atoms with Gasteiger partial charge in [-0.2, -0.15) is 0 Å². The standard InChI is InChI=1S/C16H26N4O/c1-5-7-8-11-20(4)16(17-3)19-13-14-9-10-18-15(12-14)21-6-2/h5,9-10,12H,1,6-8,11,13H2,2-4H3,(H,17,19). The lowest BCUT2D eigenvalue weighted by Crippen LogP contribution is -2.38. The Morgan fingerprint density at radius 3 is 3.05 bits per heavy atom. The number of guanidine groups is 1. The summed E-state index contributed by atoms with van der Waals surface area (Å²) in [7, 11) is 3.83. The number of nitrogens with zero attached hydrogens (tertiary/aromatic N) is 3. The quantitative estimate of drug-likeness (QED) is 0.346. The van der Waals surface area contributed by atoms with Gasteiger partial charge in [0.1, 0.15) is 0 Å². The molecule has 0 bridgehead atoms. The molecule has 0 fully saturated rings. The van der Waals surface area contributed by atoms with E-state index in [0.29, 0.717) is 19.0 Å². The van der Waals surface area contributed by atoms with Crippen molar-refractivity contribution in [2.24, 2.45) is 4.99 Å². The fourth-order valence-electron chi connectivity index (χ4n) is 1.93. The summed E-state index contributed by atoms with van der Waals surface area (Å²) in [5, 5.41) is 3.35. The lowest BCUT2D eigenvalue weighted by atomic mass is 10.2. The smallest absolute Gasteiger partial charge is 0.213 e. The predicted molar refractivity (Wildman–Crippen MR) is 87.7 cm³/mol. The maximum atomic E-state index is 5.40. The molecule has 0 aliphatic heterocycles. The van der Waals surface area contributed by atoms with E-state index in [0.717, 1.165) is 30.9 Å². The summed E-state index contributed by atoms with van der Waals surface area (Å²) < 4.78 is 5.40. The molecule has 0 radical (unpaired) electrons. The lowest BCUT2D eigenvalue weighted by Gasteiger charge is -2.21. The van der Waals surface area contributed by atoms with Crippen LogP contribution in [0.2, 0.25) is 0 Å². The zero-order chi connectivity index (χ0) is 15.5. The molecule has 0 saturated carbocycles. The van der Waals surface area contributed by atoms with Crippen LogP contribution in [0.25, 0.3) is 0 Å². The molecule has 0 amide bonds. The number of rotatable bonds is 8. The van der Waals surface area contributed by atoms with Crippen LogP contribution < -0.4 is 10.1 Å². The first kappa shape index (κ1) is 17.0. The third-order valence-corrected chi connectivity index (χ3v) is 3.02. The Kier molecular flexibility index (Phi) is 7.94. The number of pyridine rings is 1. The minimum absolute atomic E-state index is 0.623. The molecule has 116 valence electrons. The van der Waals surface area contributed by atoms with Crippen LogP contribution in [0.4, 0.5) is 0 Å². The topological polar surface area (TPSA) is 49.8 Å². The molecule has 0 aliphatic carbocycles. The van der Waals surface area contributed by atoms with Gasteiger partial charge in [0.25, 0.3) is 0 Å². The number of hydrogen-bond acceptors (Lipinski definition) is 3. The number of aliphatic imine (C=N–C) groups is 1. The van der Waals surface area contributed by atoms with E-state index >= 15 is 0 Å². The van der Waals surface area contributed by atoms with Gasteiger partial charge in [-0.3, -0.25) is 4.99 Å². The molecule has 0 unspecified atom stereocenters. The van der Waals surface area contributed by atoms with Crippen molar-refractivity contribution in [3.8, 4) is 5.88 Å². The molecule has 0 spiro atoms. The normalized spacial score (nSPS) is 11.1. The molecule has 0 aromatic carbocycles. The Hall–Kier alpha value is -2.04. The Bertz CT molecular complexity index is 459. The van der Waals surface area contributed by atoms with Crippen LogP contribution in [0, 0.1) is 0 Å². The number of unbranched alkanes of at least 4 members (excludes halogenated alkanes) is 1. The number of aromatic nitrogens is 1. The van der Waals surface area contributed by atoms with Crippen LogP contribution >= 0.6 is 0 Å². The van der Waals surface area contributed by atoms with Crippen LogP contribution in [-0.2, 0) is 6.54 Å². The zero-order valence-corrected chi connectivity index (χ0v) is 13.3. The van der Waals surface area contributed by atoms with Gasteiger partial charge < -0.3 is 15.0 Å². The van der Waals surface area contributed by atoms with E-state index in [1.165, 1.54) is 0 Å². The summed E-state index contributed by atoms with van der Waals surface area (Å²) in [6.45, 7) is 7.96. The second-order valence-corrected chi connectivity index (χ2v) is 4.69. The minimum Gasteiger partial charge on any atom is -0.478 e. The van der Waals surface area contributed by atoms with Gasteiger partial charge in [0.2, 0.25) is 5.88 Å². The van der Waals surface area contributed by atoms with Gasteiger partial charge in [-0.05, 0) is 31.4 Å². The summed E-state index contributed by atoms with van der Waals surface area (Å²) in [6.07, 6.45) is 5.79. The van der Waals surface area contributed by atoms with E-state index in [-0.39, 0.29) is 0 Å². The van der Waals surface area contributed by atoms with Gasteiger partial charge in [-0.1, -0.05) is 6.08 Å². The first-order valence-corrected chi connectivity index (χ1v) is 7.31. The Labute approximate surface area is 127 Å². The molecule has 1 aromatic heterocycles. The van der Waals surface area contributed by atoms with Gasteiger partial charge >= 0.3 is 0 Å². The van der Waals surface area contributed by atoms with E-state index in [1.807, 2.05) is 32.2 Å². The molecule has 5 nitrogen and oxygen atoms in total. The third-order valence-electron chi connectivity index (χ3n) is 3.02. The van der Waals surface area contributed by atoms with Crippen molar-refractivity contribution >= 4 is 5.96 Å². The Morgan fingerprint density at radius 2 is 2.38 bits per heavy atom.